The Morgan fingerprint density at radius 2 is 1.92 bits per heavy atom. The molecule has 0 saturated carbocycles. The summed E-state index contributed by atoms with van der Waals surface area (Å²) < 4.78 is 54.6. The number of amides is 2. The number of rotatable bonds is 4. The number of nitrogens with one attached hydrogen (secondary N) is 1. The van der Waals surface area contributed by atoms with E-state index in [1.54, 1.807) is 0 Å². The molecule has 1 aromatic carbocycles. The quantitative estimate of drug-likeness (QED) is 0.805. The van der Waals surface area contributed by atoms with Crippen LogP contribution in [0.5, 0.6) is 5.75 Å². The van der Waals surface area contributed by atoms with Crippen LogP contribution in [-0.4, -0.2) is 47.9 Å². The summed E-state index contributed by atoms with van der Waals surface area (Å²) in [6.07, 6.45) is -4.04. The van der Waals surface area contributed by atoms with Crippen molar-refractivity contribution in [1.29, 1.82) is 0 Å². The van der Waals surface area contributed by atoms with Crippen LogP contribution in [0.2, 0.25) is 0 Å². The Bertz CT molecular complexity index is 643. The maximum absolute atomic E-state index is 13.2. The van der Waals surface area contributed by atoms with E-state index in [9.17, 15) is 27.2 Å². The van der Waals surface area contributed by atoms with Crippen molar-refractivity contribution in [2.45, 2.75) is 19.0 Å². The van der Waals surface area contributed by atoms with Gasteiger partial charge in [-0.05, 0) is 25.0 Å². The summed E-state index contributed by atoms with van der Waals surface area (Å²) in [5, 5.41) is 11.3. The van der Waals surface area contributed by atoms with E-state index in [0.29, 0.717) is 0 Å². The van der Waals surface area contributed by atoms with Crippen LogP contribution < -0.4 is 10.1 Å². The average molecular weight is 364 g/mol. The van der Waals surface area contributed by atoms with Crippen LogP contribution >= 0.6 is 0 Å². The molecule has 10 heteroatoms. The Balaban J connectivity index is 2.02. The molecule has 2 amide bonds. The molecule has 2 rings (SSSR count). The fourth-order valence-electron chi connectivity index (χ4n) is 2.40. The number of hydrogen-bond donors (Lipinski definition) is 2. The van der Waals surface area contributed by atoms with Crippen molar-refractivity contribution in [2.24, 2.45) is 5.92 Å². The molecule has 1 aromatic rings. The summed E-state index contributed by atoms with van der Waals surface area (Å²) in [6, 6.07) is 2.21. The first-order valence-corrected chi connectivity index (χ1v) is 7.43. The van der Waals surface area contributed by atoms with Gasteiger partial charge in [0, 0.05) is 19.2 Å². The number of carboxylic acids is 1. The zero-order valence-electron chi connectivity index (χ0n) is 13.0. The van der Waals surface area contributed by atoms with Gasteiger partial charge in [0.25, 0.3) is 0 Å². The van der Waals surface area contributed by atoms with E-state index in [1.807, 2.05) is 0 Å². The first-order chi connectivity index (χ1) is 11.7. The third-order valence-electron chi connectivity index (χ3n) is 3.71. The second kappa shape index (κ2) is 7.58. The molecule has 0 aromatic heterocycles. The molecule has 25 heavy (non-hydrogen) atoms. The minimum atomic E-state index is -4.60. The molecule has 0 bridgehead atoms. The Labute approximate surface area is 140 Å². The van der Waals surface area contributed by atoms with Gasteiger partial charge in [-0.3, -0.25) is 4.79 Å². The SMILES string of the molecule is O=C(O)C1CCN(C(=O)Nc2ccc(F)cc2OCC(F)(F)F)CC1. The summed E-state index contributed by atoms with van der Waals surface area (Å²) in [7, 11) is 0. The van der Waals surface area contributed by atoms with Crippen molar-refractivity contribution in [3.63, 3.8) is 0 Å². The number of aliphatic carboxylic acids is 1. The highest BCUT2D eigenvalue weighted by Crippen LogP contribution is 2.28. The van der Waals surface area contributed by atoms with E-state index in [2.05, 4.69) is 10.1 Å². The number of piperidine rings is 1. The Morgan fingerprint density at radius 3 is 2.48 bits per heavy atom. The van der Waals surface area contributed by atoms with Crippen LogP contribution in [0.3, 0.4) is 0 Å². The standard InChI is InChI=1S/C15H16F4N2O4/c16-10-1-2-11(12(7-10)25-8-15(17,18)19)20-14(24)21-5-3-9(4-6-21)13(22)23/h1-2,7,9H,3-6,8H2,(H,20,24)(H,22,23). The molecule has 6 nitrogen and oxygen atoms in total. The van der Waals surface area contributed by atoms with Gasteiger partial charge >= 0.3 is 18.2 Å². The lowest BCUT2D eigenvalue weighted by Crippen LogP contribution is -2.42. The second-order valence-electron chi connectivity index (χ2n) is 5.57. The summed E-state index contributed by atoms with van der Waals surface area (Å²) in [6.45, 7) is -1.23. The number of likely N-dealkylation sites (tertiary alicyclic amines) is 1. The van der Waals surface area contributed by atoms with Crippen molar-refractivity contribution < 1.29 is 37.0 Å². The highest BCUT2D eigenvalue weighted by molar-refractivity contribution is 5.91. The number of alkyl halides is 3. The molecular weight excluding hydrogens is 348 g/mol. The number of urea groups is 1. The maximum Gasteiger partial charge on any atom is 0.422 e. The van der Waals surface area contributed by atoms with Crippen LogP contribution in [0, 0.1) is 11.7 Å². The van der Waals surface area contributed by atoms with E-state index < -0.39 is 42.3 Å². The van der Waals surface area contributed by atoms with Crippen molar-refractivity contribution in [1.82, 2.24) is 4.90 Å². The normalized spacial score (nSPS) is 15.8. The Morgan fingerprint density at radius 1 is 1.28 bits per heavy atom. The second-order valence-corrected chi connectivity index (χ2v) is 5.57. The monoisotopic (exact) mass is 364 g/mol. The van der Waals surface area contributed by atoms with Gasteiger partial charge in [0.05, 0.1) is 11.6 Å². The number of nitrogens with zero attached hydrogens (tertiary/aromatic N) is 1. The summed E-state index contributed by atoms with van der Waals surface area (Å²) in [4.78, 5) is 24.4. The van der Waals surface area contributed by atoms with Gasteiger partial charge < -0.3 is 20.1 Å². The first kappa shape index (κ1) is 18.8. The molecule has 0 aliphatic carbocycles. The molecule has 0 atom stereocenters. The molecule has 1 heterocycles. The molecule has 1 aliphatic heterocycles. The van der Waals surface area contributed by atoms with Crippen LogP contribution in [0.1, 0.15) is 12.8 Å². The first-order valence-electron chi connectivity index (χ1n) is 7.43. The van der Waals surface area contributed by atoms with Crippen molar-refractivity contribution in [3.8, 4) is 5.75 Å². The third-order valence-corrected chi connectivity index (χ3v) is 3.71. The summed E-state index contributed by atoms with van der Waals surface area (Å²) >= 11 is 0. The van der Waals surface area contributed by atoms with Gasteiger partial charge in [-0.2, -0.15) is 13.2 Å². The van der Waals surface area contributed by atoms with E-state index in [-0.39, 0.29) is 31.6 Å². The fourth-order valence-corrected chi connectivity index (χ4v) is 2.40. The van der Waals surface area contributed by atoms with Gasteiger partial charge in [0.1, 0.15) is 11.6 Å². The van der Waals surface area contributed by atoms with Gasteiger partial charge in [-0.25, -0.2) is 9.18 Å². The predicted octanol–water partition coefficient (Wildman–Crippen LogP) is 3.10. The van der Waals surface area contributed by atoms with Crippen LogP contribution in [0.4, 0.5) is 28.0 Å². The van der Waals surface area contributed by atoms with Gasteiger partial charge in [-0.1, -0.05) is 0 Å². The fraction of sp³-hybridized carbons (Fsp3) is 0.467. The molecule has 0 unspecified atom stereocenters. The number of benzene rings is 1. The van der Waals surface area contributed by atoms with Crippen LogP contribution in [0.15, 0.2) is 18.2 Å². The molecule has 0 spiro atoms. The lowest BCUT2D eigenvalue weighted by molar-refractivity contribution is -0.153. The highest BCUT2D eigenvalue weighted by atomic mass is 19.4. The summed E-state index contributed by atoms with van der Waals surface area (Å²) in [5.74, 6) is -2.70. The number of anilines is 1. The van der Waals surface area contributed by atoms with Crippen molar-refractivity contribution in [3.05, 3.63) is 24.0 Å². The molecule has 1 fully saturated rings. The molecule has 0 radical (unpaired) electrons. The third kappa shape index (κ3) is 5.50. The highest BCUT2D eigenvalue weighted by Gasteiger charge is 2.30. The van der Waals surface area contributed by atoms with Crippen LogP contribution in [0.25, 0.3) is 0 Å². The molecular formula is C15H16F4N2O4. The zero-order valence-corrected chi connectivity index (χ0v) is 13.0. The maximum atomic E-state index is 13.2. The van der Waals surface area contributed by atoms with E-state index in [1.165, 1.54) is 4.90 Å². The number of carbonyl (C=O) groups excluding carboxylic acids is 1. The number of ether oxygens (including phenoxy) is 1. The topological polar surface area (TPSA) is 78.9 Å². The predicted molar refractivity (Wildman–Crippen MR) is 78.9 cm³/mol. The van der Waals surface area contributed by atoms with Gasteiger partial charge in [-0.15, -0.1) is 0 Å². The largest absolute Gasteiger partial charge is 0.482 e. The average Bonchev–Trinajstić information content (AvgIpc) is 2.54. The van der Waals surface area contributed by atoms with E-state index in [4.69, 9.17) is 5.11 Å². The smallest absolute Gasteiger partial charge is 0.422 e. The Kier molecular flexibility index (Phi) is 5.70. The number of carboxylic acid groups (broad SMARTS) is 1. The number of halogens is 4. The Hall–Kier alpha value is -2.52. The molecule has 138 valence electrons. The molecule has 1 saturated heterocycles. The van der Waals surface area contributed by atoms with E-state index >= 15 is 0 Å². The minimum absolute atomic E-state index is 0.101. The number of hydrogen-bond acceptors (Lipinski definition) is 3. The lowest BCUT2D eigenvalue weighted by Gasteiger charge is -2.30. The molecule has 1 aliphatic rings. The van der Waals surface area contributed by atoms with Crippen molar-refractivity contribution in [2.75, 3.05) is 25.0 Å². The van der Waals surface area contributed by atoms with Gasteiger partial charge in [0.15, 0.2) is 6.61 Å². The van der Waals surface area contributed by atoms with Gasteiger partial charge in [0.2, 0.25) is 0 Å². The summed E-state index contributed by atoms with van der Waals surface area (Å²) in [5.41, 5.74) is -0.101. The molecule has 2 N–H and O–H groups in total. The van der Waals surface area contributed by atoms with Crippen molar-refractivity contribution >= 4 is 17.7 Å². The minimum Gasteiger partial charge on any atom is -0.482 e. The zero-order chi connectivity index (χ0) is 18.6. The van der Waals surface area contributed by atoms with Crippen LogP contribution in [-0.2, 0) is 4.79 Å². The lowest BCUT2D eigenvalue weighted by atomic mass is 9.97. The number of carbonyl (C=O) groups is 2. The van der Waals surface area contributed by atoms with E-state index in [0.717, 1.165) is 18.2 Å².